The highest BCUT2D eigenvalue weighted by Crippen LogP contribution is 2.36. The monoisotopic (exact) mass is 506 g/mol. The molecule has 0 aliphatic heterocycles. The van der Waals surface area contributed by atoms with Crippen LogP contribution in [0, 0.1) is 22.7 Å². The van der Waals surface area contributed by atoms with Crippen LogP contribution in [-0.2, 0) is 6.54 Å². The minimum Gasteiger partial charge on any atom is -0.288 e. The fraction of sp³-hybridized carbons (Fsp3) is 0.171. The normalized spacial score (nSPS) is 11.7. The first-order valence-corrected chi connectivity index (χ1v) is 13.4. The Morgan fingerprint density at radius 1 is 0.795 bits per heavy atom. The van der Waals surface area contributed by atoms with E-state index in [4.69, 9.17) is 0 Å². The van der Waals surface area contributed by atoms with Gasteiger partial charge in [-0.1, -0.05) is 80.1 Å². The fourth-order valence-electron chi connectivity index (χ4n) is 5.24. The van der Waals surface area contributed by atoms with Gasteiger partial charge in [0, 0.05) is 24.5 Å². The molecule has 5 aromatic rings. The Morgan fingerprint density at radius 3 is 2.36 bits per heavy atom. The lowest BCUT2D eigenvalue weighted by molar-refractivity contribution is 0.212. The summed E-state index contributed by atoms with van der Waals surface area (Å²) in [5, 5.41) is 21.6. The highest BCUT2D eigenvalue weighted by molar-refractivity contribution is 5.97. The van der Waals surface area contributed by atoms with E-state index in [-0.39, 0.29) is 6.04 Å². The molecule has 4 heteroatoms. The van der Waals surface area contributed by atoms with Crippen LogP contribution in [0.3, 0.4) is 0 Å². The van der Waals surface area contributed by atoms with Crippen LogP contribution >= 0.6 is 0 Å². The summed E-state index contributed by atoms with van der Waals surface area (Å²) in [5.41, 5.74) is 6.70. The Kier molecular flexibility index (Phi) is 8.08. The molecule has 1 aromatic heterocycles. The molecule has 190 valence electrons. The second kappa shape index (κ2) is 12.2. The lowest BCUT2D eigenvalue weighted by atomic mass is 9.89. The van der Waals surface area contributed by atoms with Gasteiger partial charge in [0.05, 0.1) is 29.3 Å². The minimum atomic E-state index is -0.0534. The van der Waals surface area contributed by atoms with Crippen LogP contribution in [0.25, 0.3) is 21.9 Å². The topological polar surface area (TPSA) is 63.7 Å². The zero-order chi connectivity index (χ0) is 27.0. The summed E-state index contributed by atoms with van der Waals surface area (Å²) >= 11 is 0. The van der Waals surface area contributed by atoms with E-state index in [1.165, 1.54) is 0 Å². The van der Waals surface area contributed by atoms with E-state index in [0.29, 0.717) is 11.1 Å². The van der Waals surface area contributed by atoms with Gasteiger partial charge in [-0.25, -0.2) is 0 Å². The summed E-state index contributed by atoms with van der Waals surface area (Å²) in [6.45, 7) is 3.84. The number of hydrogen-bond acceptors (Lipinski definition) is 4. The average Bonchev–Trinajstić information content (AvgIpc) is 3.00. The maximum absolute atomic E-state index is 10.1. The first-order valence-electron chi connectivity index (χ1n) is 13.4. The molecular weight excluding hydrogens is 476 g/mol. The number of nitrogens with zero attached hydrogens (tertiary/aromatic N) is 4. The van der Waals surface area contributed by atoms with Crippen molar-refractivity contribution in [1.82, 2.24) is 9.88 Å². The van der Waals surface area contributed by atoms with Gasteiger partial charge in [0.15, 0.2) is 0 Å². The Morgan fingerprint density at radius 2 is 1.62 bits per heavy atom. The molecule has 0 saturated heterocycles. The molecule has 0 aliphatic rings. The molecule has 4 nitrogen and oxygen atoms in total. The molecule has 0 radical (unpaired) electrons. The van der Waals surface area contributed by atoms with Crippen LogP contribution in [-0.4, -0.2) is 16.4 Å². The molecule has 1 heterocycles. The smallest absolute Gasteiger partial charge is 0.0998 e. The SMILES string of the molecule is CCCCN(Cc1ccc(C#N)cc1)C(c1cccnc1)c1ccc(C#N)c(-c2cccc3ccccc23)c1. The van der Waals surface area contributed by atoms with Crippen LogP contribution in [0.15, 0.2) is 109 Å². The summed E-state index contributed by atoms with van der Waals surface area (Å²) in [5.74, 6) is 0. The van der Waals surface area contributed by atoms with Gasteiger partial charge in [-0.15, -0.1) is 0 Å². The molecule has 0 N–H and O–H groups in total. The number of unbranched alkanes of at least 4 members (excludes halogenated alkanes) is 1. The van der Waals surface area contributed by atoms with Crippen molar-refractivity contribution in [3.05, 3.63) is 137 Å². The van der Waals surface area contributed by atoms with Crippen molar-refractivity contribution in [3.63, 3.8) is 0 Å². The maximum atomic E-state index is 10.1. The fourth-order valence-corrected chi connectivity index (χ4v) is 5.24. The standard InChI is InChI=1S/C35H30N4/c1-2-3-20-39(25-27-15-13-26(22-36)14-16-27)35(31-10-7-19-38-24-31)29-17-18-30(23-37)34(21-29)33-12-6-9-28-8-4-5-11-32(28)33/h4-19,21,24,35H,2-3,20,25H2,1H3. The van der Waals surface area contributed by atoms with Crippen molar-refractivity contribution in [3.8, 4) is 23.3 Å². The van der Waals surface area contributed by atoms with Crippen LogP contribution in [0.1, 0.15) is 53.6 Å². The summed E-state index contributed by atoms with van der Waals surface area (Å²) in [6, 6.07) is 37.4. The molecule has 1 unspecified atom stereocenters. The van der Waals surface area contributed by atoms with Crippen molar-refractivity contribution in [2.24, 2.45) is 0 Å². The van der Waals surface area contributed by atoms with Crippen LogP contribution in [0.5, 0.6) is 0 Å². The second-order valence-electron chi connectivity index (χ2n) is 9.77. The van der Waals surface area contributed by atoms with Crippen LogP contribution in [0.4, 0.5) is 0 Å². The zero-order valence-corrected chi connectivity index (χ0v) is 22.1. The lowest BCUT2D eigenvalue weighted by Gasteiger charge is -2.33. The average molecular weight is 507 g/mol. The maximum Gasteiger partial charge on any atom is 0.0998 e. The highest BCUT2D eigenvalue weighted by atomic mass is 15.2. The number of fused-ring (bicyclic) bond motifs is 1. The summed E-state index contributed by atoms with van der Waals surface area (Å²) in [4.78, 5) is 6.95. The largest absolute Gasteiger partial charge is 0.288 e. The molecule has 0 bridgehead atoms. The number of aromatic nitrogens is 1. The number of hydrogen-bond donors (Lipinski definition) is 0. The second-order valence-corrected chi connectivity index (χ2v) is 9.77. The molecule has 0 fully saturated rings. The first-order chi connectivity index (χ1) is 19.2. The third-order valence-electron chi connectivity index (χ3n) is 7.19. The van der Waals surface area contributed by atoms with E-state index in [1.54, 1.807) is 6.20 Å². The van der Waals surface area contributed by atoms with Crippen molar-refractivity contribution in [1.29, 1.82) is 10.5 Å². The van der Waals surface area contributed by atoms with Gasteiger partial charge in [0.2, 0.25) is 0 Å². The van der Waals surface area contributed by atoms with Crippen molar-refractivity contribution < 1.29 is 0 Å². The molecule has 5 rings (SSSR count). The lowest BCUT2D eigenvalue weighted by Crippen LogP contribution is -2.30. The van der Waals surface area contributed by atoms with E-state index >= 15 is 0 Å². The van der Waals surface area contributed by atoms with Crippen molar-refractivity contribution in [2.75, 3.05) is 6.54 Å². The number of benzene rings is 4. The Bertz CT molecular complexity index is 1640. The van der Waals surface area contributed by atoms with E-state index in [1.807, 2.05) is 54.7 Å². The van der Waals surface area contributed by atoms with Crippen molar-refractivity contribution >= 4 is 10.8 Å². The van der Waals surface area contributed by atoms with Gasteiger partial charge >= 0.3 is 0 Å². The molecule has 39 heavy (non-hydrogen) atoms. The third-order valence-corrected chi connectivity index (χ3v) is 7.19. The Balaban J connectivity index is 1.65. The van der Waals surface area contributed by atoms with E-state index in [2.05, 4.69) is 77.5 Å². The molecule has 0 amide bonds. The van der Waals surface area contributed by atoms with Gasteiger partial charge in [-0.2, -0.15) is 10.5 Å². The number of rotatable bonds is 9. The Hall–Kier alpha value is -4.77. The van der Waals surface area contributed by atoms with Crippen molar-refractivity contribution in [2.45, 2.75) is 32.4 Å². The Labute approximate surface area is 230 Å². The number of nitriles is 2. The zero-order valence-electron chi connectivity index (χ0n) is 22.1. The predicted octanol–water partition coefficient (Wildman–Crippen LogP) is 8.04. The predicted molar refractivity (Wildman–Crippen MR) is 157 cm³/mol. The molecule has 0 aliphatic carbocycles. The molecule has 1 atom stereocenters. The quantitative estimate of drug-likeness (QED) is 0.203. The molecule has 4 aromatic carbocycles. The third kappa shape index (κ3) is 5.73. The molecular formula is C35H30N4. The van der Waals surface area contributed by atoms with E-state index in [9.17, 15) is 10.5 Å². The highest BCUT2D eigenvalue weighted by Gasteiger charge is 2.24. The molecule has 0 saturated carbocycles. The van der Waals surface area contributed by atoms with Gasteiger partial charge in [-0.3, -0.25) is 9.88 Å². The van der Waals surface area contributed by atoms with Gasteiger partial charge in [0.25, 0.3) is 0 Å². The van der Waals surface area contributed by atoms with Crippen LogP contribution < -0.4 is 0 Å². The molecule has 0 spiro atoms. The minimum absolute atomic E-state index is 0.0534. The summed E-state index contributed by atoms with van der Waals surface area (Å²) < 4.78 is 0. The van der Waals surface area contributed by atoms with Gasteiger partial charge in [0.1, 0.15) is 0 Å². The number of pyridine rings is 1. The van der Waals surface area contributed by atoms with Gasteiger partial charge in [-0.05, 0) is 76.3 Å². The first kappa shape index (κ1) is 25.9. The van der Waals surface area contributed by atoms with Crippen LogP contribution in [0.2, 0.25) is 0 Å². The van der Waals surface area contributed by atoms with Gasteiger partial charge < -0.3 is 0 Å². The van der Waals surface area contributed by atoms with E-state index in [0.717, 1.165) is 64.5 Å². The van der Waals surface area contributed by atoms with E-state index < -0.39 is 0 Å². The summed E-state index contributed by atoms with van der Waals surface area (Å²) in [7, 11) is 0. The summed E-state index contributed by atoms with van der Waals surface area (Å²) in [6.07, 6.45) is 5.88.